The molecule has 21 heavy (non-hydrogen) atoms. The number of benzene rings is 1. The Hall–Kier alpha value is -3.09. The van der Waals surface area contributed by atoms with E-state index in [0.717, 1.165) is 11.4 Å². The fourth-order valence-corrected chi connectivity index (χ4v) is 1.99. The van der Waals surface area contributed by atoms with E-state index in [4.69, 9.17) is 0 Å². The zero-order chi connectivity index (χ0) is 14.7. The second-order valence-electron chi connectivity index (χ2n) is 4.51. The summed E-state index contributed by atoms with van der Waals surface area (Å²) in [5.41, 5.74) is 2.23. The van der Waals surface area contributed by atoms with Gasteiger partial charge in [0, 0.05) is 36.9 Å². The number of imidazole rings is 1. The van der Waals surface area contributed by atoms with Crippen molar-refractivity contribution in [1.29, 1.82) is 0 Å². The Morgan fingerprint density at radius 3 is 2.86 bits per heavy atom. The molecule has 3 aromatic rings. The third kappa shape index (κ3) is 2.92. The number of nitrogens with one attached hydrogen (secondary N) is 3. The van der Waals surface area contributed by atoms with Crippen LogP contribution in [-0.4, -0.2) is 25.8 Å². The minimum Gasteiger partial charge on any atom is -0.334 e. The molecule has 0 atom stereocenters. The van der Waals surface area contributed by atoms with Gasteiger partial charge in [-0.3, -0.25) is 5.10 Å². The highest BCUT2D eigenvalue weighted by molar-refractivity contribution is 5.99. The first kappa shape index (κ1) is 12.9. The number of aromatic nitrogens is 4. The number of H-pyrrole nitrogens is 1. The summed E-state index contributed by atoms with van der Waals surface area (Å²) in [6.07, 6.45) is 6.75. The first-order valence-corrected chi connectivity index (χ1v) is 6.37. The Morgan fingerprint density at radius 1 is 1.29 bits per heavy atom. The number of hydrogen-bond donors (Lipinski definition) is 3. The van der Waals surface area contributed by atoms with E-state index in [-0.39, 0.29) is 6.03 Å². The SMILES string of the molecule is Cn1ccnc1-c1cccc(NC(=O)Nc2cn[nH]c2)c1. The zero-order valence-electron chi connectivity index (χ0n) is 11.4. The third-order valence-electron chi connectivity index (χ3n) is 2.96. The molecule has 0 aliphatic heterocycles. The van der Waals surface area contributed by atoms with Crippen molar-refractivity contribution in [3.63, 3.8) is 0 Å². The Labute approximate surface area is 121 Å². The first-order valence-electron chi connectivity index (χ1n) is 6.37. The topological polar surface area (TPSA) is 87.6 Å². The molecular formula is C14H14N6O. The smallest absolute Gasteiger partial charge is 0.323 e. The van der Waals surface area contributed by atoms with Gasteiger partial charge in [-0.15, -0.1) is 0 Å². The summed E-state index contributed by atoms with van der Waals surface area (Å²) in [6.45, 7) is 0. The van der Waals surface area contributed by atoms with Crippen LogP contribution in [0.25, 0.3) is 11.4 Å². The highest BCUT2D eigenvalue weighted by Gasteiger charge is 2.07. The highest BCUT2D eigenvalue weighted by atomic mass is 16.2. The summed E-state index contributed by atoms with van der Waals surface area (Å²) >= 11 is 0. The van der Waals surface area contributed by atoms with E-state index in [9.17, 15) is 4.79 Å². The van der Waals surface area contributed by atoms with Crippen molar-refractivity contribution >= 4 is 17.4 Å². The van der Waals surface area contributed by atoms with Crippen LogP contribution in [0.2, 0.25) is 0 Å². The molecule has 0 saturated heterocycles. The third-order valence-corrected chi connectivity index (χ3v) is 2.96. The summed E-state index contributed by atoms with van der Waals surface area (Å²) < 4.78 is 1.92. The number of amides is 2. The van der Waals surface area contributed by atoms with E-state index >= 15 is 0 Å². The maximum absolute atomic E-state index is 11.9. The van der Waals surface area contributed by atoms with Crippen LogP contribution in [0.1, 0.15) is 0 Å². The number of hydrogen-bond acceptors (Lipinski definition) is 3. The standard InChI is InChI=1S/C14H14N6O/c1-20-6-5-15-13(20)10-3-2-4-11(7-10)18-14(21)19-12-8-16-17-9-12/h2-9H,1H3,(H,16,17)(H2,18,19,21). The number of anilines is 2. The molecule has 2 amide bonds. The molecule has 0 spiro atoms. The molecule has 106 valence electrons. The first-order chi connectivity index (χ1) is 10.2. The van der Waals surface area contributed by atoms with Gasteiger partial charge in [-0.25, -0.2) is 9.78 Å². The Kier molecular flexibility index (Phi) is 3.38. The molecule has 2 heterocycles. The van der Waals surface area contributed by atoms with E-state index in [2.05, 4.69) is 25.8 Å². The van der Waals surface area contributed by atoms with E-state index in [1.165, 1.54) is 6.20 Å². The summed E-state index contributed by atoms with van der Waals surface area (Å²) in [7, 11) is 1.92. The van der Waals surface area contributed by atoms with Crippen LogP contribution >= 0.6 is 0 Å². The van der Waals surface area contributed by atoms with Crippen LogP contribution in [0.4, 0.5) is 16.2 Å². The molecule has 0 bridgehead atoms. The molecule has 7 heteroatoms. The van der Waals surface area contributed by atoms with Crippen molar-refractivity contribution in [2.45, 2.75) is 0 Å². The normalized spacial score (nSPS) is 10.3. The number of carbonyl (C=O) groups is 1. The molecule has 0 radical (unpaired) electrons. The summed E-state index contributed by atoms with van der Waals surface area (Å²) in [5, 5.41) is 11.8. The largest absolute Gasteiger partial charge is 0.334 e. The Balaban J connectivity index is 1.74. The lowest BCUT2D eigenvalue weighted by molar-refractivity contribution is 0.262. The lowest BCUT2D eigenvalue weighted by Gasteiger charge is -2.08. The van der Waals surface area contributed by atoms with Crippen LogP contribution in [0.15, 0.2) is 49.1 Å². The monoisotopic (exact) mass is 282 g/mol. The lowest BCUT2D eigenvalue weighted by atomic mass is 10.2. The van der Waals surface area contributed by atoms with Gasteiger partial charge in [-0.1, -0.05) is 12.1 Å². The van der Waals surface area contributed by atoms with Gasteiger partial charge in [0.25, 0.3) is 0 Å². The van der Waals surface area contributed by atoms with Crippen molar-refractivity contribution < 1.29 is 4.79 Å². The molecule has 2 aromatic heterocycles. The van der Waals surface area contributed by atoms with Crippen LogP contribution in [-0.2, 0) is 7.05 Å². The molecule has 0 saturated carbocycles. The van der Waals surface area contributed by atoms with E-state index in [0.29, 0.717) is 11.4 Å². The zero-order valence-corrected chi connectivity index (χ0v) is 11.4. The maximum atomic E-state index is 11.9. The van der Waals surface area contributed by atoms with E-state index in [1.54, 1.807) is 12.4 Å². The summed E-state index contributed by atoms with van der Waals surface area (Å²) in [4.78, 5) is 16.1. The minimum absolute atomic E-state index is 0.326. The second-order valence-corrected chi connectivity index (χ2v) is 4.51. The molecule has 3 rings (SSSR count). The number of aryl methyl sites for hydroxylation is 1. The number of nitrogens with zero attached hydrogens (tertiary/aromatic N) is 3. The van der Waals surface area contributed by atoms with Gasteiger partial charge in [0.15, 0.2) is 0 Å². The van der Waals surface area contributed by atoms with Crippen molar-refractivity contribution in [2.75, 3.05) is 10.6 Å². The summed E-state index contributed by atoms with van der Waals surface area (Å²) in [6, 6.07) is 7.19. The van der Waals surface area contributed by atoms with Crippen molar-refractivity contribution in [2.24, 2.45) is 7.05 Å². The Morgan fingerprint density at radius 2 is 2.14 bits per heavy atom. The average Bonchev–Trinajstić information content (AvgIpc) is 3.10. The van der Waals surface area contributed by atoms with Gasteiger partial charge in [-0.05, 0) is 12.1 Å². The van der Waals surface area contributed by atoms with Gasteiger partial charge in [0.1, 0.15) is 5.82 Å². The van der Waals surface area contributed by atoms with Gasteiger partial charge in [-0.2, -0.15) is 5.10 Å². The molecular weight excluding hydrogens is 268 g/mol. The molecule has 0 unspecified atom stereocenters. The number of carbonyl (C=O) groups excluding carboxylic acids is 1. The van der Waals surface area contributed by atoms with Crippen molar-refractivity contribution in [1.82, 2.24) is 19.7 Å². The predicted octanol–water partition coefficient (Wildman–Crippen LogP) is 2.45. The number of urea groups is 1. The van der Waals surface area contributed by atoms with Crippen LogP contribution in [0, 0.1) is 0 Å². The molecule has 7 nitrogen and oxygen atoms in total. The summed E-state index contributed by atoms with van der Waals surface area (Å²) in [5.74, 6) is 0.842. The number of aromatic amines is 1. The van der Waals surface area contributed by atoms with Crippen molar-refractivity contribution in [3.05, 3.63) is 49.1 Å². The molecule has 1 aromatic carbocycles. The molecule has 3 N–H and O–H groups in total. The van der Waals surface area contributed by atoms with Crippen LogP contribution in [0.3, 0.4) is 0 Å². The van der Waals surface area contributed by atoms with Gasteiger partial charge in [0.2, 0.25) is 0 Å². The highest BCUT2D eigenvalue weighted by Crippen LogP contribution is 2.20. The van der Waals surface area contributed by atoms with Crippen molar-refractivity contribution in [3.8, 4) is 11.4 Å². The number of rotatable bonds is 3. The average molecular weight is 282 g/mol. The van der Waals surface area contributed by atoms with Crippen LogP contribution in [0.5, 0.6) is 0 Å². The minimum atomic E-state index is -0.326. The second kappa shape index (κ2) is 5.49. The predicted molar refractivity (Wildman–Crippen MR) is 79.9 cm³/mol. The maximum Gasteiger partial charge on any atom is 0.323 e. The Bertz CT molecular complexity index is 746. The van der Waals surface area contributed by atoms with E-state index in [1.807, 2.05) is 42.1 Å². The fourth-order valence-electron chi connectivity index (χ4n) is 1.99. The molecule has 0 aliphatic rings. The fraction of sp³-hybridized carbons (Fsp3) is 0.0714. The quantitative estimate of drug-likeness (QED) is 0.689. The van der Waals surface area contributed by atoms with Gasteiger partial charge in [0.05, 0.1) is 11.9 Å². The van der Waals surface area contributed by atoms with Crippen LogP contribution < -0.4 is 10.6 Å². The lowest BCUT2D eigenvalue weighted by Crippen LogP contribution is -2.19. The molecule has 0 fully saturated rings. The van der Waals surface area contributed by atoms with Gasteiger partial charge >= 0.3 is 6.03 Å². The van der Waals surface area contributed by atoms with E-state index < -0.39 is 0 Å². The molecule has 0 aliphatic carbocycles. The van der Waals surface area contributed by atoms with Gasteiger partial charge < -0.3 is 15.2 Å².